The average Bonchev–Trinajstić information content (AvgIpc) is 3.20. The number of methoxy groups -OCH3 is 1. The molecule has 0 radical (unpaired) electrons. The highest BCUT2D eigenvalue weighted by molar-refractivity contribution is 5.96. The summed E-state index contributed by atoms with van der Waals surface area (Å²) >= 11 is 0. The quantitative estimate of drug-likeness (QED) is 0.373. The van der Waals surface area contributed by atoms with Crippen LogP contribution in [0, 0.1) is 11.3 Å². The number of rotatable bonds is 5. The first-order valence-electron chi connectivity index (χ1n) is 9.95. The Bertz CT molecular complexity index is 1270. The fourth-order valence-corrected chi connectivity index (χ4v) is 3.93. The minimum Gasteiger partial charge on any atom is -0.464 e. The van der Waals surface area contributed by atoms with Crippen molar-refractivity contribution < 1.29 is 14.6 Å². The first-order valence-corrected chi connectivity index (χ1v) is 9.95. The lowest BCUT2D eigenvalue weighted by Gasteiger charge is -2.32. The van der Waals surface area contributed by atoms with Gasteiger partial charge in [-0.05, 0) is 17.2 Å². The lowest BCUT2D eigenvalue weighted by molar-refractivity contribution is 0.0592. The molecule has 0 fully saturated rings. The summed E-state index contributed by atoms with van der Waals surface area (Å²) in [6, 6.07) is 27.7. The van der Waals surface area contributed by atoms with Gasteiger partial charge in [-0.3, -0.25) is 0 Å². The van der Waals surface area contributed by atoms with Crippen molar-refractivity contribution in [2.24, 2.45) is 0 Å². The summed E-state index contributed by atoms with van der Waals surface area (Å²) < 4.78 is 6.43. The second-order valence-corrected chi connectivity index (χ2v) is 7.24. The summed E-state index contributed by atoms with van der Waals surface area (Å²) in [6.07, 6.45) is 1.48. The fraction of sp³-hybridized carbons (Fsp3) is 0.0769. The first kappa shape index (κ1) is 20.9. The van der Waals surface area contributed by atoms with Crippen molar-refractivity contribution in [3.05, 3.63) is 119 Å². The Balaban J connectivity index is 2.06. The number of anilines is 1. The number of aromatic nitrogens is 1. The molecule has 0 aliphatic heterocycles. The van der Waals surface area contributed by atoms with Gasteiger partial charge in [0.25, 0.3) is 0 Å². The molecule has 3 N–H and O–H groups in total. The summed E-state index contributed by atoms with van der Waals surface area (Å²) in [4.78, 5) is 12.6. The maximum absolute atomic E-state index is 12.6. The van der Waals surface area contributed by atoms with Crippen molar-refractivity contribution in [1.82, 2.24) is 4.57 Å². The minimum absolute atomic E-state index is 0.0251. The number of hydrogen-bond donors (Lipinski definition) is 2. The number of esters is 1. The van der Waals surface area contributed by atoms with E-state index in [0.29, 0.717) is 22.4 Å². The molecule has 0 atom stereocenters. The van der Waals surface area contributed by atoms with Gasteiger partial charge >= 0.3 is 5.97 Å². The Morgan fingerprint density at radius 1 is 0.969 bits per heavy atom. The second kappa shape index (κ2) is 8.42. The van der Waals surface area contributed by atoms with Crippen LogP contribution in [-0.2, 0) is 10.3 Å². The van der Waals surface area contributed by atoms with Crippen LogP contribution in [0.25, 0.3) is 5.69 Å². The van der Waals surface area contributed by atoms with E-state index in [0.717, 1.165) is 0 Å². The maximum atomic E-state index is 12.6. The van der Waals surface area contributed by atoms with Crippen molar-refractivity contribution in [1.29, 1.82) is 5.26 Å². The Hall–Kier alpha value is -4.34. The first-order chi connectivity index (χ1) is 15.5. The smallest absolute Gasteiger partial charge is 0.357 e. The molecule has 0 amide bonds. The van der Waals surface area contributed by atoms with E-state index in [9.17, 15) is 15.2 Å². The van der Waals surface area contributed by atoms with Crippen LogP contribution in [0.4, 0.5) is 5.69 Å². The molecule has 0 aliphatic carbocycles. The summed E-state index contributed by atoms with van der Waals surface area (Å²) in [6.45, 7) is 0. The highest BCUT2D eigenvalue weighted by Crippen LogP contribution is 2.40. The van der Waals surface area contributed by atoms with Crippen molar-refractivity contribution in [2.75, 3.05) is 12.8 Å². The Morgan fingerprint density at radius 3 is 2.03 bits per heavy atom. The van der Waals surface area contributed by atoms with Crippen LogP contribution in [0.5, 0.6) is 0 Å². The number of nitrogen functional groups attached to an aromatic ring is 1. The Morgan fingerprint density at radius 2 is 1.50 bits per heavy atom. The number of aliphatic hydroxyl groups is 1. The number of hydrogen-bond acceptors (Lipinski definition) is 5. The number of nitrogens with zero attached hydrogens (tertiary/aromatic N) is 2. The average molecular weight is 423 g/mol. The maximum Gasteiger partial charge on any atom is 0.357 e. The molecular weight excluding hydrogens is 402 g/mol. The molecule has 4 rings (SSSR count). The van der Waals surface area contributed by atoms with Gasteiger partial charge in [-0.25, -0.2) is 4.79 Å². The van der Waals surface area contributed by atoms with Crippen molar-refractivity contribution in [2.45, 2.75) is 5.60 Å². The van der Waals surface area contributed by atoms with Crippen molar-refractivity contribution in [3.8, 4) is 11.8 Å². The predicted octanol–water partition coefficient (Wildman–Crippen LogP) is 4.00. The number of benzene rings is 3. The fourth-order valence-electron chi connectivity index (χ4n) is 3.93. The van der Waals surface area contributed by atoms with Crippen LogP contribution in [0.1, 0.15) is 32.7 Å². The third-order valence-electron chi connectivity index (χ3n) is 5.48. The topological polar surface area (TPSA) is 101 Å². The van der Waals surface area contributed by atoms with Gasteiger partial charge in [0.15, 0.2) is 5.69 Å². The molecule has 0 unspecified atom stereocenters. The Labute approximate surface area is 185 Å². The van der Waals surface area contributed by atoms with Gasteiger partial charge in [-0.1, -0.05) is 78.9 Å². The van der Waals surface area contributed by atoms with E-state index in [2.05, 4.69) is 0 Å². The lowest BCUT2D eigenvalue weighted by atomic mass is 9.79. The molecular formula is C26H21N3O3. The molecule has 0 aliphatic rings. The molecule has 4 aromatic rings. The number of nitriles is 1. The van der Waals surface area contributed by atoms with Crippen LogP contribution in [0.15, 0.2) is 91.1 Å². The molecule has 32 heavy (non-hydrogen) atoms. The van der Waals surface area contributed by atoms with Gasteiger partial charge in [0.1, 0.15) is 11.7 Å². The molecule has 1 heterocycles. The Kier molecular flexibility index (Phi) is 5.50. The van der Waals surface area contributed by atoms with Crippen LogP contribution in [-0.4, -0.2) is 22.8 Å². The minimum atomic E-state index is -1.54. The molecule has 0 saturated carbocycles. The molecule has 0 spiro atoms. The summed E-state index contributed by atoms with van der Waals surface area (Å²) in [5, 5.41) is 21.8. The van der Waals surface area contributed by atoms with Crippen LogP contribution >= 0.6 is 0 Å². The third kappa shape index (κ3) is 3.31. The van der Waals surface area contributed by atoms with E-state index < -0.39 is 11.6 Å². The van der Waals surface area contributed by atoms with Crippen molar-refractivity contribution in [3.63, 3.8) is 0 Å². The van der Waals surface area contributed by atoms with E-state index in [4.69, 9.17) is 10.5 Å². The molecule has 6 heteroatoms. The molecule has 6 nitrogen and oxygen atoms in total. The van der Waals surface area contributed by atoms with Gasteiger partial charge in [0.2, 0.25) is 0 Å². The van der Waals surface area contributed by atoms with Gasteiger partial charge in [0.05, 0.1) is 24.0 Å². The van der Waals surface area contributed by atoms with Crippen LogP contribution in [0.2, 0.25) is 0 Å². The number of ether oxygens (including phenoxy) is 1. The second-order valence-electron chi connectivity index (χ2n) is 7.24. The van der Waals surface area contributed by atoms with Crippen LogP contribution in [0.3, 0.4) is 0 Å². The van der Waals surface area contributed by atoms with Crippen LogP contribution < -0.4 is 5.73 Å². The number of carbonyl (C=O) groups is 1. The zero-order valence-corrected chi connectivity index (χ0v) is 17.4. The summed E-state index contributed by atoms with van der Waals surface area (Å²) in [5.74, 6) is -0.679. The SMILES string of the molecule is COC(=O)c1c(N)c(C#N)cn1-c1ccccc1C(O)(c1ccccc1)c1ccccc1. The van der Waals surface area contributed by atoms with E-state index in [1.54, 1.807) is 18.2 Å². The standard InChI is InChI=1S/C26H21N3O3/c1-32-25(30)24-23(28)18(16-27)17-29(24)22-15-9-8-14-21(22)26(31,19-10-4-2-5-11-19)20-12-6-3-7-13-20/h2-15,17,31H,28H2,1H3. The van der Waals surface area contributed by atoms with Gasteiger partial charge < -0.3 is 20.1 Å². The summed E-state index contributed by atoms with van der Waals surface area (Å²) in [5.41, 5.74) is 7.07. The third-order valence-corrected chi connectivity index (χ3v) is 5.48. The van der Waals surface area contributed by atoms with E-state index in [1.165, 1.54) is 17.9 Å². The number of carbonyl (C=O) groups excluding carboxylic acids is 1. The van der Waals surface area contributed by atoms with Gasteiger partial charge in [-0.15, -0.1) is 0 Å². The molecule has 0 saturated heterocycles. The monoisotopic (exact) mass is 423 g/mol. The highest BCUT2D eigenvalue weighted by atomic mass is 16.5. The highest BCUT2D eigenvalue weighted by Gasteiger charge is 2.37. The summed E-state index contributed by atoms with van der Waals surface area (Å²) in [7, 11) is 1.25. The number of para-hydroxylation sites is 1. The van der Waals surface area contributed by atoms with E-state index in [1.807, 2.05) is 72.8 Å². The molecule has 1 aromatic heterocycles. The normalized spacial score (nSPS) is 11.0. The molecule has 158 valence electrons. The van der Waals surface area contributed by atoms with Gasteiger partial charge in [0, 0.05) is 11.8 Å². The van der Waals surface area contributed by atoms with E-state index >= 15 is 0 Å². The zero-order valence-electron chi connectivity index (χ0n) is 17.4. The van der Waals surface area contributed by atoms with E-state index in [-0.39, 0.29) is 16.9 Å². The zero-order chi connectivity index (χ0) is 22.7. The lowest BCUT2D eigenvalue weighted by Crippen LogP contribution is -2.30. The van der Waals surface area contributed by atoms with Gasteiger partial charge in [-0.2, -0.15) is 5.26 Å². The molecule has 3 aromatic carbocycles. The molecule has 0 bridgehead atoms. The predicted molar refractivity (Wildman–Crippen MR) is 121 cm³/mol. The van der Waals surface area contributed by atoms with Crippen molar-refractivity contribution >= 4 is 11.7 Å². The largest absolute Gasteiger partial charge is 0.464 e. The number of nitrogens with two attached hydrogens (primary N) is 1.